The first-order valence-electron chi connectivity index (χ1n) is 5.08. The molecule has 0 saturated heterocycles. The molecule has 1 aliphatic rings. The lowest BCUT2D eigenvalue weighted by atomic mass is 9.92. The molecule has 1 aliphatic carbocycles. The molecule has 1 aromatic heterocycles. The van der Waals surface area contributed by atoms with E-state index in [0.29, 0.717) is 5.56 Å². The van der Waals surface area contributed by atoms with Crippen molar-refractivity contribution in [2.45, 2.75) is 37.5 Å². The van der Waals surface area contributed by atoms with E-state index < -0.39 is 18.0 Å². The van der Waals surface area contributed by atoms with Crippen molar-refractivity contribution in [2.24, 2.45) is 0 Å². The normalized spacial score (nSPS) is 20.6. The Morgan fingerprint density at radius 1 is 1.38 bits per heavy atom. The van der Waals surface area contributed by atoms with Crippen LogP contribution in [0.15, 0.2) is 18.3 Å². The van der Waals surface area contributed by atoms with Crippen LogP contribution in [0.2, 0.25) is 0 Å². The fraction of sp³-hybridized carbons (Fsp3) is 0.545. The summed E-state index contributed by atoms with van der Waals surface area (Å²) in [7, 11) is 0. The number of alkyl halides is 3. The molecule has 16 heavy (non-hydrogen) atoms. The Balaban J connectivity index is 2.27. The van der Waals surface area contributed by atoms with Crippen LogP contribution in [-0.2, 0) is 11.6 Å². The second-order valence-electron chi connectivity index (χ2n) is 4.26. The van der Waals surface area contributed by atoms with Crippen molar-refractivity contribution in [3.05, 3.63) is 29.6 Å². The summed E-state index contributed by atoms with van der Waals surface area (Å²) >= 11 is 0. The quantitative estimate of drug-likeness (QED) is 0.848. The minimum absolute atomic E-state index is 0.364. The monoisotopic (exact) mass is 231 g/mol. The maximum absolute atomic E-state index is 12.3. The number of aromatic nitrogens is 1. The van der Waals surface area contributed by atoms with Gasteiger partial charge >= 0.3 is 6.18 Å². The third kappa shape index (κ3) is 1.80. The van der Waals surface area contributed by atoms with Gasteiger partial charge in [-0.15, -0.1) is 0 Å². The van der Waals surface area contributed by atoms with E-state index in [-0.39, 0.29) is 5.41 Å². The van der Waals surface area contributed by atoms with E-state index in [1.807, 2.05) is 0 Å². The molecule has 88 valence electrons. The Kier molecular flexibility index (Phi) is 2.45. The van der Waals surface area contributed by atoms with Gasteiger partial charge in [0.25, 0.3) is 0 Å². The third-order valence-corrected chi connectivity index (χ3v) is 3.22. The molecule has 1 unspecified atom stereocenters. The van der Waals surface area contributed by atoms with Crippen molar-refractivity contribution >= 4 is 0 Å². The second-order valence-corrected chi connectivity index (χ2v) is 4.26. The summed E-state index contributed by atoms with van der Waals surface area (Å²) in [6.45, 7) is 1.66. The zero-order chi connectivity index (χ0) is 12.0. The van der Waals surface area contributed by atoms with E-state index in [0.717, 1.165) is 18.9 Å². The number of nitrogens with zero attached hydrogens (tertiary/aromatic N) is 1. The number of pyridine rings is 1. The molecule has 0 aliphatic heterocycles. The van der Waals surface area contributed by atoms with Crippen LogP contribution in [0.5, 0.6) is 0 Å². The van der Waals surface area contributed by atoms with Crippen molar-refractivity contribution in [2.75, 3.05) is 0 Å². The Hall–Kier alpha value is -1.10. The lowest BCUT2D eigenvalue weighted by Gasteiger charge is -2.19. The number of hydrogen-bond donors (Lipinski definition) is 1. The summed E-state index contributed by atoms with van der Waals surface area (Å²) in [5.41, 5.74) is -0.565. The summed E-state index contributed by atoms with van der Waals surface area (Å²) in [5, 5.41) is 9.58. The van der Waals surface area contributed by atoms with Gasteiger partial charge in [-0.25, -0.2) is 0 Å². The highest BCUT2D eigenvalue weighted by Crippen LogP contribution is 2.50. The Bertz CT molecular complexity index is 379. The van der Waals surface area contributed by atoms with E-state index in [2.05, 4.69) is 4.98 Å². The number of rotatable bonds is 2. The van der Waals surface area contributed by atoms with Crippen LogP contribution in [0.1, 0.15) is 31.0 Å². The summed E-state index contributed by atoms with van der Waals surface area (Å²) in [4.78, 5) is 3.40. The highest BCUT2D eigenvalue weighted by molar-refractivity contribution is 5.32. The third-order valence-electron chi connectivity index (χ3n) is 3.22. The predicted octanol–water partition coefficient (Wildman–Crippen LogP) is 2.51. The molecule has 0 aromatic carbocycles. The van der Waals surface area contributed by atoms with E-state index in [9.17, 15) is 18.3 Å². The Morgan fingerprint density at radius 3 is 2.31 bits per heavy atom. The number of aliphatic hydroxyl groups excluding tert-OH is 1. The molecule has 1 fully saturated rings. The highest BCUT2D eigenvalue weighted by Gasteiger charge is 2.48. The lowest BCUT2D eigenvalue weighted by molar-refractivity contribution is -0.141. The van der Waals surface area contributed by atoms with Gasteiger partial charge in [0.15, 0.2) is 0 Å². The van der Waals surface area contributed by atoms with Gasteiger partial charge in [0.1, 0.15) is 5.69 Å². The molecule has 0 radical (unpaired) electrons. The minimum Gasteiger partial charge on any atom is -0.392 e. The second kappa shape index (κ2) is 3.45. The molecular weight excluding hydrogens is 219 g/mol. The maximum Gasteiger partial charge on any atom is 0.433 e. The van der Waals surface area contributed by atoms with Gasteiger partial charge in [-0.3, -0.25) is 4.98 Å². The van der Waals surface area contributed by atoms with Crippen molar-refractivity contribution in [1.29, 1.82) is 0 Å². The van der Waals surface area contributed by atoms with E-state index >= 15 is 0 Å². The summed E-state index contributed by atoms with van der Waals surface area (Å²) < 4.78 is 36.8. The standard InChI is InChI=1S/C11H12F3NO/c1-7(16)10(4-5-10)8-2-3-9(15-6-8)11(12,13)14/h2-3,6-7,16H,4-5H2,1H3. The molecule has 1 N–H and O–H groups in total. The van der Waals surface area contributed by atoms with Gasteiger partial charge in [-0.05, 0) is 31.4 Å². The van der Waals surface area contributed by atoms with Gasteiger partial charge < -0.3 is 5.11 Å². The van der Waals surface area contributed by atoms with Crippen molar-refractivity contribution in [3.8, 4) is 0 Å². The Morgan fingerprint density at radius 2 is 2.00 bits per heavy atom. The van der Waals surface area contributed by atoms with Crippen LogP contribution in [0.4, 0.5) is 13.2 Å². The molecule has 2 nitrogen and oxygen atoms in total. The lowest BCUT2D eigenvalue weighted by Crippen LogP contribution is -2.23. The van der Waals surface area contributed by atoms with E-state index in [1.54, 1.807) is 6.92 Å². The van der Waals surface area contributed by atoms with Crippen LogP contribution >= 0.6 is 0 Å². The molecule has 1 aromatic rings. The van der Waals surface area contributed by atoms with Crippen LogP contribution in [-0.4, -0.2) is 16.2 Å². The van der Waals surface area contributed by atoms with Crippen LogP contribution in [0.25, 0.3) is 0 Å². The highest BCUT2D eigenvalue weighted by atomic mass is 19.4. The fourth-order valence-corrected chi connectivity index (χ4v) is 1.94. The van der Waals surface area contributed by atoms with Crippen LogP contribution in [0.3, 0.4) is 0 Å². The molecule has 5 heteroatoms. The van der Waals surface area contributed by atoms with E-state index in [1.165, 1.54) is 12.3 Å². The molecule has 0 bridgehead atoms. The first-order valence-corrected chi connectivity index (χ1v) is 5.08. The summed E-state index contributed by atoms with van der Waals surface area (Å²) in [5.74, 6) is 0. The first kappa shape index (κ1) is 11.4. The molecule has 1 heterocycles. The fourth-order valence-electron chi connectivity index (χ4n) is 1.94. The first-order chi connectivity index (χ1) is 7.36. The maximum atomic E-state index is 12.3. The zero-order valence-electron chi connectivity index (χ0n) is 8.75. The van der Waals surface area contributed by atoms with Crippen molar-refractivity contribution in [3.63, 3.8) is 0 Å². The predicted molar refractivity (Wildman–Crippen MR) is 51.8 cm³/mol. The van der Waals surface area contributed by atoms with Crippen molar-refractivity contribution < 1.29 is 18.3 Å². The van der Waals surface area contributed by atoms with Crippen LogP contribution < -0.4 is 0 Å². The summed E-state index contributed by atoms with van der Waals surface area (Å²) in [6.07, 6.45) is -2.12. The molecule has 0 spiro atoms. The minimum atomic E-state index is -4.40. The SMILES string of the molecule is CC(O)C1(c2ccc(C(F)(F)F)nc2)CC1. The van der Waals surface area contributed by atoms with Gasteiger partial charge in [0.05, 0.1) is 6.10 Å². The van der Waals surface area contributed by atoms with Gasteiger partial charge in [-0.2, -0.15) is 13.2 Å². The van der Waals surface area contributed by atoms with Gasteiger partial charge in [-0.1, -0.05) is 6.07 Å². The summed E-state index contributed by atoms with van der Waals surface area (Å²) in [6, 6.07) is 2.38. The van der Waals surface area contributed by atoms with Gasteiger partial charge in [0, 0.05) is 11.6 Å². The van der Waals surface area contributed by atoms with E-state index in [4.69, 9.17) is 0 Å². The van der Waals surface area contributed by atoms with Crippen molar-refractivity contribution in [1.82, 2.24) is 4.98 Å². The number of aliphatic hydroxyl groups is 1. The molecule has 2 rings (SSSR count). The largest absolute Gasteiger partial charge is 0.433 e. The number of hydrogen-bond acceptors (Lipinski definition) is 2. The number of halogens is 3. The zero-order valence-corrected chi connectivity index (χ0v) is 8.75. The molecule has 0 amide bonds. The molecular formula is C11H12F3NO. The average Bonchev–Trinajstić information content (AvgIpc) is 2.97. The Labute approximate surface area is 91.1 Å². The topological polar surface area (TPSA) is 33.1 Å². The van der Waals surface area contributed by atoms with Gasteiger partial charge in [0.2, 0.25) is 0 Å². The molecule has 1 atom stereocenters. The smallest absolute Gasteiger partial charge is 0.392 e. The average molecular weight is 231 g/mol. The van der Waals surface area contributed by atoms with Crippen LogP contribution in [0, 0.1) is 0 Å². The molecule has 1 saturated carbocycles.